The molecule has 1 aliphatic rings. The Kier molecular flexibility index (Phi) is 4.56. The number of nitrogens with two attached hydrogens (primary N) is 1. The standard InChI is InChI=1S/C12H27N3/c1-12(2,9-13)10-15-7-5-6-11(15)8-14(3)4/h11H,5-10,13H2,1-4H3. The molecule has 0 aromatic heterocycles. The zero-order valence-corrected chi connectivity index (χ0v) is 10.8. The van der Waals surface area contributed by atoms with E-state index in [1.807, 2.05) is 0 Å². The average Bonchev–Trinajstić information content (AvgIpc) is 2.51. The van der Waals surface area contributed by atoms with Gasteiger partial charge in [0.2, 0.25) is 0 Å². The molecule has 1 heterocycles. The van der Waals surface area contributed by atoms with Gasteiger partial charge in [-0.25, -0.2) is 0 Å². The maximum Gasteiger partial charge on any atom is 0.0223 e. The number of likely N-dealkylation sites (tertiary alicyclic amines) is 1. The molecular weight excluding hydrogens is 186 g/mol. The SMILES string of the molecule is CN(C)CC1CCCN1CC(C)(C)CN. The van der Waals surface area contributed by atoms with Gasteiger partial charge >= 0.3 is 0 Å². The summed E-state index contributed by atoms with van der Waals surface area (Å²) >= 11 is 0. The van der Waals surface area contributed by atoms with Crippen LogP contribution < -0.4 is 5.73 Å². The molecule has 0 amide bonds. The molecule has 0 spiro atoms. The van der Waals surface area contributed by atoms with Crippen LogP contribution in [0.2, 0.25) is 0 Å². The van der Waals surface area contributed by atoms with Gasteiger partial charge in [0, 0.05) is 19.1 Å². The highest BCUT2D eigenvalue weighted by Crippen LogP contribution is 2.23. The van der Waals surface area contributed by atoms with E-state index in [1.165, 1.54) is 25.9 Å². The van der Waals surface area contributed by atoms with Gasteiger partial charge in [-0.05, 0) is 45.4 Å². The van der Waals surface area contributed by atoms with Crippen molar-refractivity contribution in [2.45, 2.75) is 32.7 Å². The van der Waals surface area contributed by atoms with Gasteiger partial charge in [0.25, 0.3) is 0 Å². The van der Waals surface area contributed by atoms with Crippen molar-refractivity contribution in [3.8, 4) is 0 Å². The van der Waals surface area contributed by atoms with Gasteiger partial charge in [-0.15, -0.1) is 0 Å². The Balaban J connectivity index is 2.46. The van der Waals surface area contributed by atoms with Crippen molar-refractivity contribution in [1.82, 2.24) is 9.80 Å². The van der Waals surface area contributed by atoms with E-state index < -0.39 is 0 Å². The number of hydrogen-bond donors (Lipinski definition) is 1. The summed E-state index contributed by atoms with van der Waals surface area (Å²) in [6, 6.07) is 0.742. The molecule has 0 aliphatic carbocycles. The molecule has 1 atom stereocenters. The third-order valence-corrected chi connectivity index (χ3v) is 3.26. The lowest BCUT2D eigenvalue weighted by Crippen LogP contribution is -2.44. The topological polar surface area (TPSA) is 32.5 Å². The number of nitrogens with zero attached hydrogens (tertiary/aromatic N) is 2. The lowest BCUT2D eigenvalue weighted by molar-refractivity contribution is 0.148. The second-order valence-electron chi connectivity index (χ2n) is 5.90. The van der Waals surface area contributed by atoms with E-state index in [0.29, 0.717) is 0 Å². The van der Waals surface area contributed by atoms with Crippen molar-refractivity contribution < 1.29 is 0 Å². The lowest BCUT2D eigenvalue weighted by Gasteiger charge is -2.34. The number of hydrogen-bond acceptors (Lipinski definition) is 3. The fourth-order valence-corrected chi connectivity index (χ4v) is 2.35. The Morgan fingerprint density at radius 3 is 2.60 bits per heavy atom. The third-order valence-electron chi connectivity index (χ3n) is 3.26. The minimum atomic E-state index is 0.259. The molecule has 2 N–H and O–H groups in total. The maximum absolute atomic E-state index is 5.79. The quantitative estimate of drug-likeness (QED) is 0.739. The Morgan fingerprint density at radius 1 is 1.40 bits per heavy atom. The van der Waals surface area contributed by atoms with E-state index in [4.69, 9.17) is 5.73 Å². The van der Waals surface area contributed by atoms with Crippen LogP contribution >= 0.6 is 0 Å². The van der Waals surface area contributed by atoms with Crippen molar-refractivity contribution in [2.75, 3.05) is 40.3 Å². The average molecular weight is 213 g/mol. The van der Waals surface area contributed by atoms with Crippen LogP contribution in [0.3, 0.4) is 0 Å². The minimum absolute atomic E-state index is 0.259. The van der Waals surface area contributed by atoms with E-state index in [1.54, 1.807) is 0 Å². The van der Waals surface area contributed by atoms with Gasteiger partial charge < -0.3 is 10.6 Å². The van der Waals surface area contributed by atoms with Crippen LogP contribution in [0, 0.1) is 5.41 Å². The summed E-state index contributed by atoms with van der Waals surface area (Å²) < 4.78 is 0. The monoisotopic (exact) mass is 213 g/mol. The molecule has 1 rings (SSSR count). The Morgan fingerprint density at radius 2 is 2.07 bits per heavy atom. The molecule has 0 bridgehead atoms. The lowest BCUT2D eigenvalue weighted by atomic mass is 9.93. The molecule has 1 fully saturated rings. The van der Waals surface area contributed by atoms with Gasteiger partial charge in [0.1, 0.15) is 0 Å². The third kappa shape index (κ3) is 4.09. The van der Waals surface area contributed by atoms with Crippen LogP contribution in [-0.2, 0) is 0 Å². The summed E-state index contributed by atoms with van der Waals surface area (Å²) in [6.07, 6.45) is 2.69. The number of likely N-dealkylation sites (N-methyl/N-ethyl adjacent to an activating group) is 1. The first-order valence-corrected chi connectivity index (χ1v) is 6.03. The highest BCUT2D eigenvalue weighted by Gasteiger charge is 2.29. The molecule has 1 unspecified atom stereocenters. The van der Waals surface area contributed by atoms with E-state index in [0.717, 1.165) is 19.1 Å². The first-order chi connectivity index (χ1) is 6.94. The second-order valence-corrected chi connectivity index (χ2v) is 5.90. The molecule has 3 nitrogen and oxygen atoms in total. The maximum atomic E-state index is 5.79. The summed E-state index contributed by atoms with van der Waals surface area (Å²) in [7, 11) is 4.31. The van der Waals surface area contributed by atoms with E-state index >= 15 is 0 Å². The van der Waals surface area contributed by atoms with E-state index in [2.05, 4.69) is 37.7 Å². The second kappa shape index (κ2) is 5.28. The molecule has 0 aromatic rings. The molecule has 1 aliphatic heterocycles. The first kappa shape index (κ1) is 12.9. The van der Waals surface area contributed by atoms with Crippen LogP contribution in [0.4, 0.5) is 0 Å². The smallest absolute Gasteiger partial charge is 0.0223 e. The molecule has 15 heavy (non-hydrogen) atoms. The normalized spacial score (nSPS) is 24.0. The molecular formula is C12H27N3. The molecule has 3 heteroatoms. The predicted octanol–water partition coefficient (Wildman–Crippen LogP) is 0.997. The van der Waals surface area contributed by atoms with Crippen molar-refractivity contribution in [1.29, 1.82) is 0 Å². The van der Waals surface area contributed by atoms with Crippen LogP contribution in [-0.4, -0.2) is 56.1 Å². The zero-order valence-electron chi connectivity index (χ0n) is 10.8. The summed E-state index contributed by atoms with van der Waals surface area (Å²) in [5.74, 6) is 0. The van der Waals surface area contributed by atoms with Gasteiger partial charge in [-0.1, -0.05) is 13.8 Å². The van der Waals surface area contributed by atoms with Crippen LogP contribution in [0.25, 0.3) is 0 Å². The fraction of sp³-hybridized carbons (Fsp3) is 1.00. The van der Waals surface area contributed by atoms with Crippen molar-refractivity contribution in [2.24, 2.45) is 11.1 Å². The Bertz CT molecular complexity index is 189. The summed E-state index contributed by atoms with van der Waals surface area (Å²) in [5.41, 5.74) is 6.05. The molecule has 0 aromatic carbocycles. The molecule has 90 valence electrons. The summed E-state index contributed by atoms with van der Waals surface area (Å²) in [6.45, 7) is 8.87. The largest absolute Gasteiger partial charge is 0.330 e. The first-order valence-electron chi connectivity index (χ1n) is 6.03. The fourth-order valence-electron chi connectivity index (χ4n) is 2.35. The van der Waals surface area contributed by atoms with Crippen LogP contribution in [0.1, 0.15) is 26.7 Å². The van der Waals surface area contributed by atoms with Crippen molar-refractivity contribution in [3.05, 3.63) is 0 Å². The number of rotatable bonds is 5. The van der Waals surface area contributed by atoms with Crippen LogP contribution in [0.5, 0.6) is 0 Å². The van der Waals surface area contributed by atoms with Crippen LogP contribution in [0.15, 0.2) is 0 Å². The van der Waals surface area contributed by atoms with E-state index in [9.17, 15) is 0 Å². The molecule has 0 saturated carbocycles. The zero-order chi connectivity index (χ0) is 11.5. The highest BCUT2D eigenvalue weighted by atomic mass is 15.2. The summed E-state index contributed by atoms with van der Waals surface area (Å²) in [5, 5.41) is 0. The molecule has 1 saturated heterocycles. The van der Waals surface area contributed by atoms with Crippen molar-refractivity contribution >= 4 is 0 Å². The Hall–Kier alpha value is -0.120. The Labute approximate surface area is 94.6 Å². The van der Waals surface area contributed by atoms with Gasteiger partial charge in [0.15, 0.2) is 0 Å². The van der Waals surface area contributed by atoms with Gasteiger partial charge in [0.05, 0.1) is 0 Å². The van der Waals surface area contributed by atoms with Crippen molar-refractivity contribution in [3.63, 3.8) is 0 Å². The predicted molar refractivity (Wildman–Crippen MR) is 66.0 cm³/mol. The van der Waals surface area contributed by atoms with Gasteiger partial charge in [-0.2, -0.15) is 0 Å². The molecule has 0 radical (unpaired) electrons. The van der Waals surface area contributed by atoms with E-state index in [-0.39, 0.29) is 5.41 Å². The highest BCUT2D eigenvalue weighted by molar-refractivity contribution is 4.85. The summed E-state index contributed by atoms with van der Waals surface area (Å²) in [4.78, 5) is 4.91. The minimum Gasteiger partial charge on any atom is -0.330 e. The van der Waals surface area contributed by atoms with Gasteiger partial charge in [-0.3, -0.25) is 4.90 Å².